The van der Waals surface area contributed by atoms with Crippen LogP contribution in [0.15, 0.2) is 83.0 Å². The van der Waals surface area contributed by atoms with Gasteiger partial charge in [-0.05, 0) is 98.5 Å². The monoisotopic (exact) mass is 448 g/mol. The number of rotatable bonds is 13. The van der Waals surface area contributed by atoms with Gasteiger partial charge in [0, 0.05) is 0 Å². The van der Waals surface area contributed by atoms with Crippen LogP contribution in [0.4, 0.5) is 11.4 Å². The van der Waals surface area contributed by atoms with Gasteiger partial charge in [-0.2, -0.15) is 10.2 Å². The van der Waals surface area contributed by atoms with Gasteiger partial charge in [-0.1, -0.05) is 0 Å². The van der Waals surface area contributed by atoms with Gasteiger partial charge in [0.25, 0.3) is 0 Å². The van der Waals surface area contributed by atoms with Gasteiger partial charge in [-0.15, -0.1) is 0 Å². The average Bonchev–Trinajstić information content (AvgIpc) is 2.85. The van der Waals surface area contributed by atoms with Crippen molar-refractivity contribution in [1.82, 2.24) is 0 Å². The van der Waals surface area contributed by atoms with Crippen molar-refractivity contribution >= 4 is 17.3 Å². The molecule has 0 spiro atoms. The second-order valence-corrected chi connectivity index (χ2v) is 7.33. The van der Waals surface area contributed by atoms with Crippen LogP contribution in [-0.2, 0) is 0 Å². The molecule has 0 bridgehead atoms. The zero-order chi connectivity index (χ0) is 23.3. The molecule has 7 heteroatoms. The van der Waals surface area contributed by atoms with Crippen LogP contribution in [0.1, 0.15) is 36.0 Å². The Morgan fingerprint density at radius 1 is 0.667 bits per heavy atom. The lowest BCUT2D eigenvalue weighted by Crippen LogP contribution is -2.00. The molecule has 0 aliphatic carbocycles. The van der Waals surface area contributed by atoms with Gasteiger partial charge in [0.15, 0.2) is 0 Å². The topological polar surface area (TPSA) is 89.7 Å². The molecule has 33 heavy (non-hydrogen) atoms. The van der Waals surface area contributed by atoms with Crippen molar-refractivity contribution in [2.45, 2.75) is 25.7 Å². The van der Waals surface area contributed by atoms with Crippen molar-refractivity contribution in [3.8, 4) is 17.2 Å². The Morgan fingerprint density at radius 3 is 1.52 bits per heavy atom. The number of nitrogens with zero attached hydrogens (tertiary/aromatic N) is 2. The van der Waals surface area contributed by atoms with E-state index in [4.69, 9.17) is 19.3 Å². The summed E-state index contributed by atoms with van der Waals surface area (Å²) in [6.07, 6.45) is 4.00. The van der Waals surface area contributed by atoms with Crippen LogP contribution in [0.25, 0.3) is 0 Å². The highest BCUT2D eigenvalue weighted by atomic mass is 16.5. The third-order valence-corrected chi connectivity index (χ3v) is 4.87. The average molecular weight is 449 g/mol. The van der Waals surface area contributed by atoms with Crippen LogP contribution in [0, 0.1) is 0 Å². The van der Waals surface area contributed by atoms with E-state index in [0.29, 0.717) is 19.0 Å². The third kappa shape index (κ3) is 8.29. The lowest BCUT2D eigenvalue weighted by atomic mass is 10.2. The van der Waals surface area contributed by atoms with Crippen molar-refractivity contribution in [2.24, 2.45) is 10.2 Å². The fourth-order valence-corrected chi connectivity index (χ4v) is 3.00. The normalized spacial score (nSPS) is 10.8. The first-order chi connectivity index (χ1) is 16.1. The van der Waals surface area contributed by atoms with Crippen LogP contribution in [0.5, 0.6) is 17.2 Å². The number of carboxylic acid groups (broad SMARTS) is 1. The smallest absolute Gasteiger partial charge is 0.335 e. The van der Waals surface area contributed by atoms with Crippen molar-refractivity contribution in [3.63, 3.8) is 0 Å². The van der Waals surface area contributed by atoms with Crippen molar-refractivity contribution in [2.75, 3.05) is 20.3 Å². The number of benzene rings is 3. The predicted molar refractivity (Wildman–Crippen MR) is 126 cm³/mol. The van der Waals surface area contributed by atoms with Gasteiger partial charge in [0.05, 0.1) is 37.3 Å². The maximum atomic E-state index is 10.8. The Kier molecular flexibility index (Phi) is 9.27. The molecule has 7 nitrogen and oxygen atoms in total. The van der Waals surface area contributed by atoms with Gasteiger partial charge >= 0.3 is 5.97 Å². The standard InChI is InChI=1S/C26H28N2O5/c1-31-23-14-8-21(9-15-23)27-28-22-10-16-25(17-11-22)33-19-5-3-2-4-18-32-24-12-6-20(7-13-24)26(29)30/h6-17H,2-5,18-19H2,1H3,(H,29,30). The highest BCUT2D eigenvalue weighted by molar-refractivity contribution is 5.87. The van der Waals surface area contributed by atoms with Gasteiger partial charge < -0.3 is 19.3 Å². The highest BCUT2D eigenvalue weighted by Gasteiger charge is 2.02. The lowest BCUT2D eigenvalue weighted by molar-refractivity contribution is 0.0697. The van der Waals surface area contributed by atoms with Crippen LogP contribution in [0.3, 0.4) is 0 Å². The fraction of sp³-hybridized carbons (Fsp3) is 0.269. The van der Waals surface area contributed by atoms with Gasteiger partial charge in [0.2, 0.25) is 0 Å². The second kappa shape index (κ2) is 12.9. The van der Waals surface area contributed by atoms with E-state index in [-0.39, 0.29) is 5.56 Å². The minimum absolute atomic E-state index is 0.259. The summed E-state index contributed by atoms with van der Waals surface area (Å²) in [5, 5.41) is 17.3. The number of hydrogen-bond acceptors (Lipinski definition) is 6. The molecule has 0 unspecified atom stereocenters. The van der Waals surface area contributed by atoms with Crippen molar-refractivity contribution in [3.05, 3.63) is 78.4 Å². The first-order valence-corrected chi connectivity index (χ1v) is 10.9. The Bertz CT molecular complexity index is 1020. The minimum atomic E-state index is -0.935. The summed E-state index contributed by atoms with van der Waals surface area (Å²) >= 11 is 0. The van der Waals surface area contributed by atoms with Gasteiger partial charge in [0.1, 0.15) is 17.2 Å². The predicted octanol–water partition coefficient (Wildman–Crippen LogP) is 6.83. The number of carboxylic acids is 1. The zero-order valence-electron chi connectivity index (χ0n) is 18.6. The van der Waals surface area contributed by atoms with Crippen LogP contribution in [0.2, 0.25) is 0 Å². The molecule has 0 aliphatic heterocycles. The molecular formula is C26H28N2O5. The van der Waals surface area contributed by atoms with E-state index in [2.05, 4.69) is 10.2 Å². The van der Waals surface area contributed by atoms with E-state index >= 15 is 0 Å². The molecule has 0 amide bonds. The largest absolute Gasteiger partial charge is 0.497 e. The first kappa shape index (κ1) is 23.8. The summed E-state index contributed by atoms with van der Waals surface area (Å²) in [7, 11) is 1.63. The van der Waals surface area contributed by atoms with Crippen LogP contribution < -0.4 is 14.2 Å². The summed E-state index contributed by atoms with van der Waals surface area (Å²) in [4.78, 5) is 10.8. The number of hydrogen-bond donors (Lipinski definition) is 1. The first-order valence-electron chi connectivity index (χ1n) is 10.9. The molecule has 172 valence electrons. The van der Waals surface area contributed by atoms with Crippen molar-refractivity contribution in [1.29, 1.82) is 0 Å². The Balaban J connectivity index is 1.27. The number of methoxy groups -OCH3 is 1. The number of ether oxygens (including phenoxy) is 3. The van der Waals surface area contributed by atoms with E-state index in [1.807, 2.05) is 48.5 Å². The Hall–Kier alpha value is -3.87. The van der Waals surface area contributed by atoms with E-state index in [9.17, 15) is 4.79 Å². The summed E-state index contributed by atoms with van der Waals surface area (Å²) in [6.45, 7) is 1.27. The summed E-state index contributed by atoms with van der Waals surface area (Å²) in [5.74, 6) is 1.35. The van der Waals surface area contributed by atoms with Crippen LogP contribution >= 0.6 is 0 Å². The number of azo groups is 1. The molecule has 0 saturated carbocycles. The van der Waals surface area contributed by atoms with E-state index in [1.165, 1.54) is 0 Å². The molecule has 0 atom stereocenters. The fourth-order valence-electron chi connectivity index (χ4n) is 3.00. The second-order valence-electron chi connectivity index (χ2n) is 7.33. The molecule has 3 rings (SSSR count). The zero-order valence-corrected chi connectivity index (χ0v) is 18.6. The SMILES string of the molecule is COc1ccc(N=Nc2ccc(OCCCCCCOc3ccc(C(=O)O)cc3)cc2)cc1. The van der Waals surface area contributed by atoms with E-state index in [0.717, 1.165) is 48.6 Å². The molecular weight excluding hydrogens is 420 g/mol. The maximum Gasteiger partial charge on any atom is 0.335 e. The minimum Gasteiger partial charge on any atom is -0.497 e. The Labute approximate surface area is 193 Å². The van der Waals surface area contributed by atoms with E-state index < -0.39 is 5.97 Å². The number of carbonyl (C=O) groups is 1. The third-order valence-electron chi connectivity index (χ3n) is 4.87. The molecule has 0 heterocycles. The number of unbranched alkanes of at least 4 members (excludes halogenated alkanes) is 3. The molecule has 0 fully saturated rings. The molecule has 1 N–H and O–H groups in total. The summed E-state index contributed by atoms with van der Waals surface area (Å²) in [6, 6.07) is 21.4. The van der Waals surface area contributed by atoms with Crippen molar-refractivity contribution < 1.29 is 24.1 Å². The highest BCUT2D eigenvalue weighted by Crippen LogP contribution is 2.23. The molecule has 0 saturated heterocycles. The molecule has 3 aromatic carbocycles. The van der Waals surface area contributed by atoms with Crippen LogP contribution in [-0.4, -0.2) is 31.4 Å². The molecule has 0 radical (unpaired) electrons. The Morgan fingerprint density at radius 2 is 1.09 bits per heavy atom. The summed E-state index contributed by atoms with van der Waals surface area (Å²) < 4.78 is 16.6. The van der Waals surface area contributed by atoms with Gasteiger partial charge in [-0.3, -0.25) is 0 Å². The lowest BCUT2D eigenvalue weighted by Gasteiger charge is -2.07. The summed E-state index contributed by atoms with van der Waals surface area (Å²) in [5.41, 5.74) is 1.78. The molecule has 0 aliphatic rings. The molecule has 0 aromatic heterocycles. The number of aromatic carboxylic acids is 1. The van der Waals surface area contributed by atoms with Gasteiger partial charge in [-0.25, -0.2) is 4.79 Å². The van der Waals surface area contributed by atoms with E-state index in [1.54, 1.807) is 31.4 Å². The maximum absolute atomic E-state index is 10.8. The quantitative estimate of drug-likeness (QED) is 0.229. The molecule has 3 aromatic rings.